The van der Waals surface area contributed by atoms with Crippen molar-refractivity contribution in [1.29, 1.82) is 0 Å². The molecule has 1 heterocycles. The standard InChI is InChI=1S/C41H32FNO2.C25H22FNO/c1-27-12-6-7-17-34(27)39(41-28(2)35-18-8-9-21-38(35)45-41)43(33-24-22-32(42)23-25-33)37-20-11-19-36(40(37)44)31-16-10-15-30(26-31)29-13-4-3-5-14-29;1-25(19-8-3-2-4-9-19)16-6-11-23(24(25)28)18-7-5-10-22(17-18)27-21-14-12-20(26)13-15-21/h3-26,35,38,44H,2H2,1H3;2-15,17,27-28H,16H2,1H3/b41-39-;. The van der Waals surface area contributed by atoms with Crippen LogP contribution in [0.2, 0.25) is 0 Å². The summed E-state index contributed by atoms with van der Waals surface area (Å²) in [7, 11) is 0. The predicted octanol–water partition coefficient (Wildman–Crippen LogP) is 17.1. The van der Waals surface area contributed by atoms with Crippen molar-refractivity contribution in [1.82, 2.24) is 0 Å². The summed E-state index contributed by atoms with van der Waals surface area (Å²) in [5.74, 6) is 0.486. The maximum absolute atomic E-state index is 14.3. The van der Waals surface area contributed by atoms with E-state index in [1.54, 1.807) is 24.3 Å². The normalized spacial score (nSPS) is 18.3. The smallest absolute Gasteiger partial charge is 0.148 e. The summed E-state index contributed by atoms with van der Waals surface area (Å²) in [4.78, 5) is 1.97. The van der Waals surface area contributed by atoms with E-state index in [9.17, 15) is 19.0 Å². The molecule has 7 heteroatoms. The van der Waals surface area contributed by atoms with Crippen LogP contribution in [0.1, 0.15) is 35.6 Å². The van der Waals surface area contributed by atoms with Gasteiger partial charge in [-0.3, -0.25) is 0 Å². The molecule has 3 N–H and O–H groups in total. The number of benzene rings is 8. The first kappa shape index (κ1) is 47.7. The molecule has 8 aromatic carbocycles. The van der Waals surface area contributed by atoms with Gasteiger partial charge in [-0.05, 0) is 133 Å². The van der Waals surface area contributed by atoms with Gasteiger partial charge in [0, 0.05) is 45.3 Å². The minimum atomic E-state index is -0.453. The number of aryl methyl sites for hydroxylation is 1. The average molecular weight is 961 g/mol. The van der Waals surface area contributed by atoms with Crippen LogP contribution in [0.4, 0.5) is 31.5 Å². The van der Waals surface area contributed by atoms with E-state index in [-0.39, 0.29) is 29.4 Å². The molecule has 3 atom stereocenters. The molecule has 73 heavy (non-hydrogen) atoms. The Bertz CT molecular complexity index is 3470. The van der Waals surface area contributed by atoms with Crippen LogP contribution in [0.25, 0.3) is 33.5 Å². The maximum atomic E-state index is 14.3. The number of nitrogens with one attached hydrogen (secondary N) is 1. The number of phenols is 1. The summed E-state index contributed by atoms with van der Waals surface area (Å²) in [6, 6.07) is 62.7. The van der Waals surface area contributed by atoms with Crippen molar-refractivity contribution in [3.8, 4) is 28.0 Å². The first-order chi connectivity index (χ1) is 35.6. The van der Waals surface area contributed by atoms with Crippen LogP contribution in [-0.4, -0.2) is 16.3 Å². The fourth-order valence-electron chi connectivity index (χ4n) is 9.83. The highest BCUT2D eigenvalue weighted by molar-refractivity contribution is 5.95. The number of halogens is 2. The number of fused-ring (bicyclic) bond motifs is 1. The molecule has 3 aliphatic rings. The fraction of sp³-hybridized carbons (Fsp3) is 0.0909. The van der Waals surface area contributed by atoms with Crippen molar-refractivity contribution in [2.45, 2.75) is 31.8 Å². The molecule has 2 aliphatic carbocycles. The SMILES string of the molecule is C=C1/C(=C(\c2ccccc2C)N(c2ccc(F)cc2)c2cccc(-c3cccc(-c4ccccc4)c3)c2O)OC2C=CC=CC12.CC1(c2ccccc2)CC=CC(c2cccc(Nc3ccc(F)cc3)c2)=C1O. The van der Waals surface area contributed by atoms with Gasteiger partial charge in [-0.1, -0.05) is 164 Å². The van der Waals surface area contributed by atoms with Gasteiger partial charge in [0.1, 0.15) is 35.0 Å². The number of ether oxygens (including phenoxy) is 1. The topological polar surface area (TPSA) is 65.0 Å². The third-order valence-corrected chi connectivity index (χ3v) is 13.8. The number of hydrogen-bond acceptors (Lipinski definition) is 5. The molecule has 0 amide bonds. The van der Waals surface area contributed by atoms with Crippen LogP contribution in [0.15, 0.2) is 260 Å². The minimum absolute atomic E-state index is 0.0141. The number of aliphatic hydroxyl groups excluding tert-OH is 1. The van der Waals surface area contributed by atoms with E-state index in [1.807, 2.05) is 138 Å². The molecule has 0 saturated carbocycles. The van der Waals surface area contributed by atoms with Crippen molar-refractivity contribution >= 4 is 34.0 Å². The highest BCUT2D eigenvalue weighted by Gasteiger charge is 2.39. The van der Waals surface area contributed by atoms with E-state index in [0.717, 1.165) is 73.6 Å². The minimum Gasteiger partial charge on any atom is -0.511 e. The molecule has 0 bridgehead atoms. The summed E-state index contributed by atoms with van der Waals surface area (Å²) >= 11 is 0. The lowest BCUT2D eigenvalue weighted by Gasteiger charge is -2.32. The van der Waals surface area contributed by atoms with Crippen LogP contribution in [-0.2, 0) is 10.2 Å². The van der Waals surface area contributed by atoms with Gasteiger partial charge in [0.05, 0.1) is 16.8 Å². The van der Waals surface area contributed by atoms with Crippen LogP contribution in [0.5, 0.6) is 5.75 Å². The molecule has 3 unspecified atom stereocenters. The third-order valence-electron chi connectivity index (χ3n) is 13.8. The van der Waals surface area contributed by atoms with Crippen molar-refractivity contribution < 1.29 is 23.7 Å². The lowest BCUT2D eigenvalue weighted by molar-refractivity contribution is 0.185. The number of aromatic hydroxyl groups is 1. The van der Waals surface area contributed by atoms with Gasteiger partial charge in [-0.25, -0.2) is 8.78 Å². The van der Waals surface area contributed by atoms with Gasteiger partial charge in [-0.2, -0.15) is 0 Å². The zero-order valence-electron chi connectivity index (χ0n) is 40.6. The lowest BCUT2D eigenvalue weighted by Crippen LogP contribution is -2.27. The van der Waals surface area contributed by atoms with E-state index in [4.69, 9.17) is 4.74 Å². The van der Waals surface area contributed by atoms with Crippen LogP contribution in [0, 0.1) is 24.5 Å². The maximum Gasteiger partial charge on any atom is 0.148 e. The summed E-state index contributed by atoms with van der Waals surface area (Å²) in [5, 5.41) is 26.6. The quantitative estimate of drug-likeness (QED) is 0.127. The molecule has 11 rings (SSSR count). The Balaban J connectivity index is 0.000000187. The molecule has 0 radical (unpaired) electrons. The third kappa shape index (κ3) is 9.91. The molecule has 0 spiro atoms. The number of nitrogens with zero attached hydrogens (tertiary/aromatic N) is 1. The van der Waals surface area contributed by atoms with Crippen LogP contribution < -0.4 is 10.2 Å². The van der Waals surface area contributed by atoms with Crippen LogP contribution >= 0.6 is 0 Å². The van der Waals surface area contributed by atoms with Crippen molar-refractivity contribution in [2.75, 3.05) is 10.2 Å². The van der Waals surface area contributed by atoms with E-state index in [0.29, 0.717) is 28.5 Å². The number of hydrogen-bond donors (Lipinski definition) is 3. The molecule has 1 fully saturated rings. The number of phenolic OH excluding ortho intramolecular Hbond substituents is 1. The Labute approximate surface area is 426 Å². The zero-order chi connectivity index (χ0) is 50.5. The molecule has 0 aromatic heterocycles. The van der Waals surface area contributed by atoms with E-state index >= 15 is 0 Å². The molecular weight excluding hydrogens is 907 g/mol. The van der Waals surface area contributed by atoms with Crippen molar-refractivity contribution in [3.05, 3.63) is 294 Å². The molecular formula is C66H54F2N2O3. The van der Waals surface area contributed by atoms with Gasteiger partial charge in [0.15, 0.2) is 0 Å². The first-order valence-corrected chi connectivity index (χ1v) is 24.4. The monoisotopic (exact) mass is 960 g/mol. The second-order valence-corrected chi connectivity index (χ2v) is 18.6. The number of rotatable bonds is 10. The Morgan fingerprint density at radius 2 is 1.27 bits per heavy atom. The average Bonchev–Trinajstić information content (AvgIpc) is 3.76. The van der Waals surface area contributed by atoms with Crippen molar-refractivity contribution in [2.24, 2.45) is 5.92 Å². The van der Waals surface area contributed by atoms with E-state index in [1.165, 1.54) is 24.3 Å². The Kier molecular flexibility index (Phi) is 13.6. The predicted molar refractivity (Wildman–Crippen MR) is 295 cm³/mol. The van der Waals surface area contributed by atoms with Gasteiger partial charge in [0.25, 0.3) is 0 Å². The number of allylic oxidation sites excluding steroid dienone is 7. The molecule has 1 saturated heterocycles. The Morgan fingerprint density at radius 3 is 2.01 bits per heavy atom. The van der Waals surface area contributed by atoms with Gasteiger partial charge >= 0.3 is 0 Å². The van der Waals surface area contributed by atoms with E-state index in [2.05, 4.69) is 80.4 Å². The summed E-state index contributed by atoms with van der Waals surface area (Å²) in [5.41, 5.74) is 12.5. The number of anilines is 4. The number of para-hydroxylation sites is 1. The first-order valence-electron chi connectivity index (χ1n) is 24.4. The van der Waals surface area contributed by atoms with Gasteiger partial charge in [0.2, 0.25) is 0 Å². The summed E-state index contributed by atoms with van der Waals surface area (Å²) in [6.07, 6.45) is 12.8. The highest BCUT2D eigenvalue weighted by Crippen LogP contribution is 2.50. The second-order valence-electron chi connectivity index (χ2n) is 18.6. The van der Waals surface area contributed by atoms with Crippen molar-refractivity contribution in [3.63, 3.8) is 0 Å². The molecule has 360 valence electrons. The fourth-order valence-corrected chi connectivity index (χ4v) is 9.83. The largest absolute Gasteiger partial charge is 0.511 e. The number of aliphatic hydroxyl groups is 1. The molecule has 1 aliphatic heterocycles. The summed E-state index contributed by atoms with van der Waals surface area (Å²) < 4.78 is 34.1. The van der Waals surface area contributed by atoms with E-state index < -0.39 is 5.41 Å². The molecule has 8 aromatic rings. The van der Waals surface area contributed by atoms with Crippen LogP contribution in [0.3, 0.4) is 0 Å². The Hall–Kier alpha value is -8.94. The summed E-state index contributed by atoms with van der Waals surface area (Å²) in [6.45, 7) is 8.61. The highest BCUT2D eigenvalue weighted by atomic mass is 19.1. The zero-order valence-corrected chi connectivity index (χ0v) is 40.6. The van der Waals surface area contributed by atoms with Gasteiger partial charge < -0.3 is 25.2 Å². The Morgan fingerprint density at radius 1 is 0.644 bits per heavy atom. The van der Waals surface area contributed by atoms with Gasteiger partial charge in [-0.15, -0.1) is 0 Å². The lowest BCUT2D eigenvalue weighted by atomic mass is 9.73. The second kappa shape index (κ2) is 20.8. The molecule has 5 nitrogen and oxygen atoms in total.